The van der Waals surface area contributed by atoms with Crippen LogP contribution in [0.25, 0.3) is 0 Å². The maximum atomic E-state index is 11.9. The Labute approximate surface area is 115 Å². The number of nitrogens with one attached hydrogen (secondary N) is 2. The molecule has 0 aliphatic heterocycles. The van der Waals surface area contributed by atoms with E-state index in [2.05, 4.69) is 20.8 Å². The molecule has 0 fully saturated rings. The van der Waals surface area contributed by atoms with E-state index >= 15 is 0 Å². The van der Waals surface area contributed by atoms with E-state index in [1.54, 1.807) is 38.2 Å². The average molecular weight is 274 g/mol. The SMILES string of the molecule is Cc1cc(NC(=O)[C@H](C)NC(=O)c2cccnc2)no1. The van der Waals surface area contributed by atoms with Crippen LogP contribution in [0.1, 0.15) is 23.0 Å². The standard InChI is InChI=1S/C13H14N4O3/c1-8-6-11(17-20-8)16-12(18)9(2)15-13(19)10-4-3-5-14-7-10/h3-7,9H,1-2H3,(H,15,19)(H,16,17,18)/t9-/m0/s1. The summed E-state index contributed by atoms with van der Waals surface area (Å²) in [6.45, 7) is 3.30. The Balaban J connectivity index is 1.92. The Morgan fingerprint density at radius 2 is 2.20 bits per heavy atom. The van der Waals surface area contributed by atoms with Gasteiger partial charge in [-0.2, -0.15) is 0 Å². The molecule has 0 unspecified atom stereocenters. The second kappa shape index (κ2) is 5.96. The zero-order valence-corrected chi connectivity index (χ0v) is 11.1. The first-order valence-electron chi connectivity index (χ1n) is 6.01. The van der Waals surface area contributed by atoms with Gasteiger partial charge in [-0.3, -0.25) is 14.6 Å². The molecule has 7 heteroatoms. The van der Waals surface area contributed by atoms with Crippen molar-refractivity contribution in [3.63, 3.8) is 0 Å². The quantitative estimate of drug-likeness (QED) is 0.871. The van der Waals surface area contributed by atoms with Crippen LogP contribution in [-0.4, -0.2) is 28.0 Å². The van der Waals surface area contributed by atoms with Crippen LogP contribution in [0.5, 0.6) is 0 Å². The van der Waals surface area contributed by atoms with Crippen molar-refractivity contribution >= 4 is 17.6 Å². The van der Waals surface area contributed by atoms with E-state index in [-0.39, 0.29) is 11.8 Å². The molecule has 2 N–H and O–H groups in total. The fraction of sp³-hybridized carbons (Fsp3) is 0.231. The highest BCUT2D eigenvalue weighted by atomic mass is 16.5. The molecule has 0 saturated heterocycles. The van der Waals surface area contributed by atoms with Crippen molar-refractivity contribution in [3.8, 4) is 0 Å². The first-order valence-corrected chi connectivity index (χ1v) is 6.01. The summed E-state index contributed by atoms with van der Waals surface area (Å²) in [5.74, 6) is 0.162. The van der Waals surface area contributed by atoms with E-state index in [0.717, 1.165) is 0 Å². The number of carbonyl (C=O) groups excluding carboxylic acids is 2. The maximum absolute atomic E-state index is 11.9. The Morgan fingerprint density at radius 1 is 1.40 bits per heavy atom. The van der Waals surface area contributed by atoms with E-state index < -0.39 is 6.04 Å². The minimum atomic E-state index is -0.709. The number of rotatable bonds is 4. The van der Waals surface area contributed by atoms with Crippen molar-refractivity contribution in [2.45, 2.75) is 19.9 Å². The Bertz CT molecular complexity index is 609. The lowest BCUT2D eigenvalue weighted by Crippen LogP contribution is -2.41. The summed E-state index contributed by atoms with van der Waals surface area (Å²) in [6.07, 6.45) is 3.00. The van der Waals surface area contributed by atoms with Gasteiger partial charge in [-0.1, -0.05) is 5.16 Å². The van der Waals surface area contributed by atoms with Gasteiger partial charge >= 0.3 is 0 Å². The number of aryl methyl sites for hydroxylation is 1. The lowest BCUT2D eigenvalue weighted by molar-refractivity contribution is -0.117. The van der Waals surface area contributed by atoms with Gasteiger partial charge in [-0.15, -0.1) is 0 Å². The van der Waals surface area contributed by atoms with E-state index in [1.165, 1.54) is 6.20 Å². The summed E-state index contributed by atoms with van der Waals surface area (Å²) >= 11 is 0. The molecule has 1 atom stereocenters. The smallest absolute Gasteiger partial charge is 0.253 e. The number of nitrogens with zero attached hydrogens (tertiary/aromatic N) is 2. The van der Waals surface area contributed by atoms with Gasteiger partial charge in [0.2, 0.25) is 5.91 Å². The first-order chi connectivity index (χ1) is 9.56. The second-order valence-corrected chi connectivity index (χ2v) is 4.25. The van der Waals surface area contributed by atoms with Crippen LogP contribution in [0.3, 0.4) is 0 Å². The molecule has 104 valence electrons. The molecular weight excluding hydrogens is 260 g/mol. The monoisotopic (exact) mass is 274 g/mol. The summed E-state index contributed by atoms with van der Waals surface area (Å²) < 4.78 is 4.84. The van der Waals surface area contributed by atoms with Crippen molar-refractivity contribution in [1.82, 2.24) is 15.5 Å². The van der Waals surface area contributed by atoms with Crippen molar-refractivity contribution in [2.24, 2.45) is 0 Å². The lowest BCUT2D eigenvalue weighted by atomic mass is 10.2. The minimum Gasteiger partial charge on any atom is -0.360 e. The number of hydrogen-bond donors (Lipinski definition) is 2. The molecule has 2 aromatic rings. The van der Waals surface area contributed by atoms with Gasteiger partial charge in [0.1, 0.15) is 11.8 Å². The third-order valence-electron chi connectivity index (χ3n) is 2.54. The van der Waals surface area contributed by atoms with Crippen LogP contribution >= 0.6 is 0 Å². The minimum absolute atomic E-state index is 0.315. The number of carbonyl (C=O) groups is 2. The molecule has 0 spiro atoms. The molecule has 2 heterocycles. The molecule has 2 amide bonds. The van der Waals surface area contributed by atoms with Crippen LogP contribution in [0.15, 0.2) is 35.1 Å². The van der Waals surface area contributed by atoms with E-state index in [0.29, 0.717) is 17.1 Å². The van der Waals surface area contributed by atoms with Crippen molar-refractivity contribution < 1.29 is 14.1 Å². The summed E-state index contributed by atoms with van der Waals surface area (Å²) in [5.41, 5.74) is 0.393. The van der Waals surface area contributed by atoms with E-state index in [9.17, 15) is 9.59 Å². The third kappa shape index (κ3) is 3.41. The second-order valence-electron chi connectivity index (χ2n) is 4.25. The molecule has 0 aromatic carbocycles. The number of aromatic nitrogens is 2. The van der Waals surface area contributed by atoms with Gasteiger partial charge in [0.25, 0.3) is 5.91 Å². The van der Waals surface area contributed by atoms with Crippen LogP contribution in [-0.2, 0) is 4.79 Å². The van der Waals surface area contributed by atoms with E-state index in [4.69, 9.17) is 4.52 Å². The molecule has 20 heavy (non-hydrogen) atoms. The molecule has 2 aromatic heterocycles. The van der Waals surface area contributed by atoms with Crippen LogP contribution in [0.2, 0.25) is 0 Å². The van der Waals surface area contributed by atoms with Gasteiger partial charge in [-0.25, -0.2) is 0 Å². The fourth-order valence-corrected chi connectivity index (χ4v) is 1.50. The average Bonchev–Trinajstić information content (AvgIpc) is 2.85. The summed E-state index contributed by atoms with van der Waals surface area (Å²) in [5, 5.41) is 8.76. The highest BCUT2D eigenvalue weighted by Crippen LogP contribution is 2.07. The lowest BCUT2D eigenvalue weighted by Gasteiger charge is -2.12. The van der Waals surface area contributed by atoms with Gasteiger partial charge in [-0.05, 0) is 26.0 Å². The largest absolute Gasteiger partial charge is 0.360 e. The summed E-state index contributed by atoms with van der Waals surface area (Å²) in [7, 11) is 0. The number of pyridine rings is 1. The molecule has 0 saturated carbocycles. The molecule has 7 nitrogen and oxygen atoms in total. The topological polar surface area (TPSA) is 97.1 Å². The van der Waals surface area contributed by atoms with Gasteiger partial charge in [0.15, 0.2) is 5.82 Å². The maximum Gasteiger partial charge on any atom is 0.253 e. The molecule has 0 radical (unpaired) electrons. The number of amides is 2. The van der Waals surface area contributed by atoms with Crippen LogP contribution < -0.4 is 10.6 Å². The third-order valence-corrected chi connectivity index (χ3v) is 2.54. The molecule has 0 bridgehead atoms. The van der Waals surface area contributed by atoms with Gasteiger partial charge in [0.05, 0.1) is 5.56 Å². The van der Waals surface area contributed by atoms with Crippen molar-refractivity contribution in [2.75, 3.05) is 5.32 Å². The molecule has 2 rings (SSSR count). The van der Waals surface area contributed by atoms with Gasteiger partial charge < -0.3 is 15.2 Å². The Hall–Kier alpha value is -2.70. The van der Waals surface area contributed by atoms with Crippen molar-refractivity contribution in [1.29, 1.82) is 0 Å². The molecular formula is C13H14N4O3. The highest BCUT2D eigenvalue weighted by molar-refractivity contribution is 6.00. The molecule has 0 aliphatic carbocycles. The summed E-state index contributed by atoms with van der Waals surface area (Å²) in [4.78, 5) is 27.6. The number of anilines is 1. The predicted octanol–water partition coefficient (Wildman–Crippen LogP) is 1.14. The zero-order valence-electron chi connectivity index (χ0n) is 11.1. The fourth-order valence-electron chi connectivity index (χ4n) is 1.50. The molecule has 0 aliphatic rings. The first kappa shape index (κ1) is 13.7. The summed E-state index contributed by atoms with van der Waals surface area (Å²) in [6, 6.07) is 4.15. The highest BCUT2D eigenvalue weighted by Gasteiger charge is 2.17. The number of hydrogen-bond acceptors (Lipinski definition) is 5. The van der Waals surface area contributed by atoms with Crippen LogP contribution in [0, 0.1) is 6.92 Å². The van der Waals surface area contributed by atoms with E-state index in [1.807, 2.05) is 0 Å². The van der Waals surface area contributed by atoms with Gasteiger partial charge in [0, 0.05) is 18.5 Å². The predicted molar refractivity (Wildman–Crippen MR) is 71.0 cm³/mol. The Morgan fingerprint density at radius 3 is 2.80 bits per heavy atom. The van der Waals surface area contributed by atoms with Crippen molar-refractivity contribution in [3.05, 3.63) is 41.9 Å². The zero-order chi connectivity index (χ0) is 14.5. The normalized spacial score (nSPS) is 11.7. The Kier molecular flexibility index (Phi) is 4.09. The van der Waals surface area contributed by atoms with Crippen LogP contribution in [0.4, 0.5) is 5.82 Å².